The molecule has 1 N–H and O–H groups in total. The molecule has 0 aliphatic rings. The SMILES string of the molecule is CCN(CCC(=O)OC)CC(=O)Nc1ccc(Br)cc1Cl. The van der Waals surface area contributed by atoms with Gasteiger partial charge in [-0.2, -0.15) is 0 Å². The maximum absolute atomic E-state index is 12.0. The van der Waals surface area contributed by atoms with Crippen LogP contribution in [0.1, 0.15) is 13.3 Å². The molecular formula is C14H18BrClN2O3. The summed E-state index contributed by atoms with van der Waals surface area (Å²) in [6.45, 7) is 3.26. The number of esters is 1. The Bertz CT molecular complexity index is 511. The third kappa shape index (κ3) is 6.46. The molecule has 7 heteroatoms. The molecule has 116 valence electrons. The van der Waals surface area contributed by atoms with E-state index in [4.69, 9.17) is 11.6 Å². The number of hydrogen-bond donors (Lipinski definition) is 1. The number of methoxy groups -OCH3 is 1. The van der Waals surface area contributed by atoms with Crippen molar-refractivity contribution in [2.45, 2.75) is 13.3 Å². The summed E-state index contributed by atoms with van der Waals surface area (Å²) in [5.74, 6) is -0.462. The first-order valence-electron chi connectivity index (χ1n) is 6.50. The van der Waals surface area contributed by atoms with Crippen LogP contribution in [-0.2, 0) is 14.3 Å². The quantitative estimate of drug-likeness (QED) is 0.742. The van der Waals surface area contributed by atoms with Crippen molar-refractivity contribution < 1.29 is 14.3 Å². The van der Waals surface area contributed by atoms with Crippen LogP contribution in [0.4, 0.5) is 5.69 Å². The van der Waals surface area contributed by atoms with Gasteiger partial charge in [-0.1, -0.05) is 34.5 Å². The number of nitrogens with zero attached hydrogens (tertiary/aromatic N) is 1. The van der Waals surface area contributed by atoms with Crippen molar-refractivity contribution in [3.05, 3.63) is 27.7 Å². The Kier molecular flexibility index (Phi) is 7.71. The van der Waals surface area contributed by atoms with Gasteiger partial charge in [0, 0.05) is 11.0 Å². The molecule has 1 aromatic carbocycles. The van der Waals surface area contributed by atoms with Crippen molar-refractivity contribution in [1.29, 1.82) is 0 Å². The number of amides is 1. The van der Waals surface area contributed by atoms with Crippen LogP contribution in [0.15, 0.2) is 22.7 Å². The fourth-order valence-corrected chi connectivity index (χ4v) is 2.40. The number of carbonyl (C=O) groups is 2. The van der Waals surface area contributed by atoms with Crippen LogP contribution in [0.25, 0.3) is 0 Å². The number of likely N-dealkylation sites (N-methyl/N-ethyl adjacent to an activating group) is 1. The normalized spacial score (nSPS) is 10.5. The third-order valence-corrected chi connectivity index (χ3v) is 3.69. The minimum Gasteiger partial charge on any atom is -0.469 e. The number of rotatable bonds is 7. The summed E-state index contributed by atoms with van der Waals surface area (Å²) in [7, 11) is 1.35. The zero-order chi connectivity index (χ0) is 15.8. The molecule has 0 heterocycles. The largest absolute Gasteiger partial charge is 0.469 e. The first kappa shape index (κ1) is 17.9. The average Bonchev–Trinajstić information content (AvgIpc) is 2.46. The highest BCUT2D eigenvalue weighted by atomic mass is 79.9. The maximum Gasteiger partial charge on any atom is 0.306 e. The van der Waals surface area contributed by atoms with Gasteiger partial charge in [0.25, 0.3) is 0 Å². The maximum atomic E-state index is 12.0. The fourth-order valence-electron chi connectivity index (χ4n) is 1.68. The van der Waals surface area contributed by atoms with Crippen LogP contribution >= 0.6 is 27.5 Å². The van der Waals surface area contributed by atoms with Gasteiger partial charge >= 0.3 is 5.97 Å². The van der Waals surface area contributed by atoms with Gasteiger partial charge in [-0.05, 0) is 24.7 Å². The van der Waals surface area contributed by atoms with Crippen LogP contribution in [0.5, 0.6) is 0 Å². The van der Waals surface area contributed by atoms with Crippen LogP contribution in [0, 0.1) is 0 Å². The smallest absolute Gasteiger partial charge is 0.306 e. The van der Waals surface area contributed by atoms with Crippen molar-refractivity contribution in [2.24, 2.45) is 0 Å². The lowest BCUT2D eigenvalue weighted by Gasteiger charge is -2.19. The van der Waals surface area contributed by atoms with Gasteiger partial charge in [0.05, 0.1) is 30.8 Å². The monoisotopic (exact) mass is 376 g/mol. The second-order valence-electron chi connectivity index (χ2n) is 4.37. The van der Waals surface area contributed by atoms with E-state index >= 15 is 0 Å². The van der Waals surface area contributed by atoms with Gasteiger partial charge in [0.1, 0.15) is 0 Å². The standard InChI is InChI=1S/C14H18BrClN2O3/c1-3-18(7-6-14(20)21-2)9-13(19)17-12-5-4-10(15)8-11(12)16/h4-5,8H,3,6-7,9H2,1-2H3,(H,17,19). The Balaban J connectivity index is 2.52. The Labute approximate surface area is 137 Å². The molecular weight excluding hydrogens is 360 g/mol. The molecule has 0 aliphatic carbocycles. The van der Waals surface area contributed by atoms with Crippen molar-refractivity contribution >= 4 is 45.1 Å². The molecule has 0 unspecified atom stereocenters. The highest BCUT2D eigenvalue weighted by Gasteiger charge is 2.12. The number of benzene rings is 1. The Morgan fingerprint density at radius 3 is 2.71 bits per heavy atom. The highest BCUT2D eigenvalue weighted by molar-refractivity contribution is 9.10. The first-order chi connectivity index (χ1) is 9.96. The molecule has 0 spiro atoms. The van der Waals surface area contributed by atoms with Gasteiger partial charge in [-0.25, -0.2) is 0 Å². The van der Waals surface area contributed by atoms with Gasteiger partial charge in [-0.15, -0.1) is 0 Å². The molecule has 5 nitrogen and oxygen atoms in total. The second kappa shape index (κ2) is 9.02. The summed E-state index contributed by atoms with van der Waals surface area (Å²) in [4.78, 5) is 25.0. The van der Waals surface area contributed by atoms with Gasteiger partial charge in [0.15, 0.2) is 0 Å². The predicted octanol–water partition coefficient (Wildman–Crippen LogP) is 2.93. The fraction of sp³-hybridized carbons (Fsp3) is 0.429. The summed E-state index contributed by atoms with van der Waals surface area (Å²) >= 11 is 9.35. The molecule has 1 rings (SSSR count). The number of carbonyl (C=O) groups excluding carboxylic acids is 2. The number of hydrogen-bond acceptors (Lipinski definition) is 4. The van der Waals surface area contributed by atoms with Gasteiger partial charge < -0.3 is 10.1 Å². The summed E-state index contributed by atoms with van der Waals surface area (Å²) in [6, 6.07) is 5.25. The van der Waals surface area contributed by atoms with E-state index in [2.05, 4.69) is 26.0 Å². The molecule has 0 radical (unpaired) electrons. The summed E-state index contributed by atoms with van der Waals surface area (Å²) < 4.78 is 5.43. The molecule has 0 saturated carbocycles. The Morgan fingerprint density at radius 2 is 2.14 bits per heavy atom. The number of halogens is 2. The van der Waals surface area contributed by atoms with E-state index < -0.39 is 0 Å². The van der Waals surface area contributed by atoms with E-state index in [9.17, 15) is 9.59 Å². The van der Waals surface area contributed by atoms with E-state index in [1.165, 1.54) is 7.11 Å². The van der Waals surface area contributed by atoms with Gasteiger partial charge in [-0.3, -0.25) is 14.5 Å². The van der Waals surface area contributed by atoms with E-state index in [1.54, 1.807) is 18.2 Å². The van der Waals surface area contributed by atoms with E-state index in [1.807, 2.05) is 11.8 Å². The number of ether oxygens (including phenoxy) is 1. The lowest BCUT2D eigenvalue weighted by Crippen LogP contribution is -2.34. The number of anilines is 1. The molecule has 0 aromatic heterocycles. The topological polar surface area (TPSA) is 58.6 Å². The Hall–Kier alpha value is -1.11. The Morgan fingerprint density at radius 1 is 1.43 bits per heavy atom. The highest BCUT2D eigenvalue weighted by Crippen LogP contribution is 2.25. The lowest BCUT2D eigenvalue weighted by molar-refractivity contribution is -0.141. The first-order valence-corrected chi connectivity index (χ1v) is 7.67. The van der Waals surface area contributed by atoms with E-state index in [0.717, 1.165) is 4.47 Å². The minimum absolute atomic E-state index is 0.175. The summed E-state index contributed by atoms with van der Waals surface area (Å²) in [5, 5.41) is 3.22. The van der Waals surface area contributed by atoms with Crippen LogP contribution < -0.4 is 5.32 Å². The molecule has 1 aromatic rings. The number of nitrogens with one attached hydrogen (secondary N) is 1. The van der Waals surface area contributed by atoms with Crippen molar-refractivity contribution in [3.8, 4) is 0 Å². The molecule has 0 bridgehead atoms. The molecule has 0 fully saturated rings. The van der Waals surface area contributed by atoms with E-state index in [0.29, 0.717) is 23.8 Å². The molecule has 21 heavy (non-hydrogen) atoms. The zero-order valence-corrected chi connectivity index (χ0v) is 14.3. The second-order valence-corrected chi connectivity index (χ2v) is 5.69. The summed E-state index contributed by atoms with van der Waals surface area (Å²) in [6.07, 6.45) is 0.261. The molecule has 0 atom stereocenters. The van der Waals surface area contributed by atoms with E-state index in [-0.39, 0.29) is 24.8 Å². The van der Waals surface area contributed by atoms with Crippen molar-refractivity contribution in [2.75, 3.05) is 32.1 Å². The average molecular weight is 378 g/mol. The van der Waals surface area contributed by atoms with Crippen molar-refractivity contribution in [1.82, 2.24) is 4.90 Å². The van der Waals surface area contributed by atoms with Crippen LogP contribution in [0.2, 0.25) is 5.02 Å². The van der Waals surface area contributed by atoms with Crippen LogP contribution in [-0.4, -0.2) is 43.5 Å². The predicted molar refractivity (Wildman–Crippen MR) is 86.5 cm³/mol. The van der Waals surface area contributed by atoms with Crippen LogP contribution in [0.3, 0.4) is 0 Å². The third-order valence-electron chi connectivity index (χ3n) is 2.88. The molecule has 0 aliphatic heterocycles. The summed E-state index contributed by atoms with van der Waals surface area (Å²) in [5.41, 5.74) is 0.564. The molecule has 1 amide bonds. The van der Waals surface area contributed by atoms with Crippen molar-refractivity contribution in [3.63, 3.8) is 0 Å². The van der Waals surface area contributed by atoms with Gasteiger partial charge in [0.2, 0.25) is 5.91 Å². The molecule has 0 saturated heterocycles. The lowest BCUT2D eigenvalue weighted by atomic mass is 10.3. The zero-order valence-electron chi connectivity index (χ0n) is 12.0. The minimum atomic E-state index is -0.287.